The molecule has 1 fully saturated rings. The number of hydrogen-bond acceptors (Lipinski definition) is 6. The minimum absolute atomic E-state index is 0.0272. The normalized spacial score (nSPS) is 14.6. The number of nitrogens with zero attached hydrogens (tertiary/aromatic N) is 3. The Balaban J connectivity index is 1.45. The molecule has 0 saturated carbocycles. The van der Waals surface area contributed by atoms with Crippen LogP contribution in [-0.2, 0) is 0 Å². The fourth-order valence-corrected chi connectivity index (χ4v) is 3.48. The topological polar surface area (TPSA) is 102 Å². The number of likely N-dealkylation sites (tertiary alicyclic amines) is 1. The Morgan fingerprint density at radius 2 is 1.86 bits per heavy atom. The summed E-state index contributed by atoms with van der Waals surface area (Å²) >= 11 is 0. The maximum atomic E-state index is 12.4. The quantitative estimate of drug-likeness (QED) is 0.521. The van der Waals surface area contributed by atoms with Crippen molar-refractivity contribution in [3.8, 4) is 11.3 Å². The van der Waals surface area contributed by atoms with Gasteiger partial charge in [0.05, 0.1) is 11.2 Å². The largest absolute Gasteiger partial charge is 0.459 e. The summed E-state index contributed by atoms with van der Waals surface area (Å²) in [5, 5.41) is 14.8. The molecule has 0 atom stereocenters. The molecule has 0 radical (unpaired) electrons. The molecule has 148 valence electrons. The van der Waals surface area contributed by atoms with Crippen molar-refractivity contribution in [2.45, 2.75) is 18.9 Å². The van der Waals surface area contributed by atoms with Gasteiger partial charge in [0, 0.05) is 30.8 Å². The van der Waals surface area contributed by atoms with E-state index in [1.165, 1.54) is 12.3 Å². The van der Waals surface area contributed by atoms with Crippen LogP contribution in [0.25, 0.3) is 11.3 Å². The minimum atomic E-state index is -0.419. The van der Waals surface area contributed by atoms with Crippen LogP contribution >= 0.6 is 0 Å². The van der Waals surface area contributed by atoms with Crippen LogP contribution < -0.4 is 5.32 Å². The summed E-state index contributed by atoms with van der Waals surface area (Å²) in [6.45, 7) is 1.21. The van der Waals surface area contributed by atoms with Crippen LogP contribution in [0, 0.1) is 10.1 Å². The molecule has 0 unspecified atom stereocenters. The highest BCUT2D eigenvalue weighted by Gasteiger charge is 2.26. The summed E-state index contributed by atoms with van der Waals surface area (Å²) in [6.07, 6.45) is 3.00. The second-order valence-corrected chi connectivity index (χ2v) is 6.88. The Morgan fingerprint density at radius 1 is 1.10 bits per heavy atom. The molecule has 1 aliphatic heterocycles. The third-order valence-electron chi connectivity index (χ3n) is 4.98. The van der Waals surface area contributed by atoms with Crippen molar-refractivity contribution in [2.75, 3.05) is 18.4 Å². The van der Waals surface area contributed by atoms with Crippen LogP contribution in [0.2, 0.25) is 0 Å². The van der Waals surface area contributed by atoms with Crippen LogP contribution in [-0.4, -0.2) is 39.8 Å². The van der Waals surface area contributed by atoms with Gasteiger partial charge in [0.15, 0.2) is 11.5 Å². The van der Waals surface area contributed by atoms with Crippen molar-refractivity contribution in [1.29, 1.82) is 0 Å². The van der Waals surface area contributed by atoms with Gasteiger partial charge in [0.25, 0.3) is 11.6 Å². The zero-order chi connectivity index (χ0) is 20.2. The maximum Gasteiger partial charge on any atom is 0.295 e. The van der Waals surface area contributed by atoms with E-state index in [1.807, 2.05) is 18.2 Å². The Kier molecular flexibility index (Phi) is 5.24. The molecule has 2 aromatic heterocycles. The van der Waals surface area contributed by atoms with E-state index in [2.05, 4.69) is 10.3 Å². The van der Waals surface area contributed by atoms with Crippen LogP contribution in [0.4, 0.5) is 11.5 Å². The molecule has 1 aromatic carbocycles. The molecule has 3 aromatic rings. The predicted molar refractivity (Wildman–Crippen MR) is 108 cm³/mol. The SMILES string of the molecule is O=C(c1ccco1)N1CCC(Nc2ccc([N+](=O)[O-])c(-c3ccccc3)n2)CC1. The lowest BCUT2D eigenvalue weighted by atomic mass is 10.0. The lowest BCUT2D eigenvalue weighted by molar-refractivity contribution is -0.384. The van der Waals surface area contributed by atoms with Gasteiger partial charge < -0.3 is 14.6 Å². The summed E-state index contributed by atoms with van der Waals surface area (Å²) in [4.78, 5) is 29.6. The van der Waals surface area contributed by atoms with Crippen LogP contribution in [0.15, 0.2) is 65.3 Å². The van der Waals surface area contributed by atoms with E-state index in [0.29, 0.717) is 35.9 Å². The second kappa shape index (κ2) is 8.14. The first kappa shape index (κ1) is 18.7. The number of anilines is 1. The number of aromatic nitrogens is 1. The van der Waals surface area contributed by atoms with Crippen LogP contribution in [0.1, 0.15) is 23.4 Å². The maximum absolute atomic E-state index is 12.4. The van der Waals surface area contributed by atoms with Gasteiger partial charge in [-0.25, -0.2) is 4.98 Å². The summed E-state index contributed by atoms with van der Waals surface area (Å²) < 4.78 is 5.18. The van der Waals surface area contributed by atoms with Crippen molar-refractivity contribution in [2.24, 2.45) is 0 Å². The predicted octanol–water partition coefficient (Wildman–Crippen LogP) is 3.97. The molecule has 29 heavy (non-hydrogen) atoms. The molecule has 0 aliphatic carbocycles. The number of carbonyl (C=O) groups excluding carboxylic acids is 1. The molecule has 8 heteroatoms. The summed E-state index contributed by atoms with van der Waals surface area (Å²) in [5.41, 5.74) is 1.01. The number of carbonyl (C=O) groups is 1. The highest BCUT2D eigenvalue weighted by atomic mass is 16.6. The van der Waals surface area contributed by atoms with E-state index in [4.69, 9.17) is 4.42 Å². The molecular formula is C21H20N4O4. The third-order valence-corrected chi connectivity index (χ3v) is 4.98. The number of piperidine rings is 1. The first-order valence-electron chi connectivity index (χ1n) is 9.42. The zero-order valence-corrected chi connectivity index (χ0v) is 15.7. The average Bonchev–Trinajstić information content (AvgIpc) is 3.29. The number of nitrogens with one attached hydrogen (secondary N) is 1. The van der Waals surface area contributed by atoms with Crippen molar-refractivity contribution < 1.29 is 14.1 Å². The van der Waals surface area contributed by atoms with E-state index >= 15 is 0 Å². The number of nitro groups is 1. The molecule has 1 amide bonds. The van der Waals surface area contributed by atoms with Gasteiger partial charge in [0.1, 0.15) is 5.82 Å². The summed E-state index contributed by atoms with van der Waals surface area (Å²) in [7, 11) is 0. The molecule has 3 heterocycles. The zero-order valence-electron chi connectivity index (χ0n) is 15.7. The van der Waals surface area contributed by atoms with Crippen molar-refractivity contribution in [3.05, 3.63) is 76.7 Å². The molecule has 1 aliphatic rings. The van der Waals surface area contributed by atoms with E-state index in [1.54, 1.807) is 35.2 Å². The highest BCUT2D eigenvalue weighted by Crippen LogP contribution is 2.30. The molecule has 1 N–H and O–H groups in total. The number of pyridine rings is 1. The number of furan rings is 1. The molecular weight excluding hydrogens is 372 g/mol. The first-order valence-corrected chi connectivity index (χ1v) is 9.42. The molecule has 4 rings (SSSR count). The van der Waals surface area contributed by atoms with E-state index in [9.17, 15) is 14.9 Å². The number of hydrogen-bond donors (Lipinski definition) is 1. The Bertz CT molecular complexity index is 997. The van der Waals surface area contributed by atoms with E-state index in [0.717, 1.165) is 12.8 Å². The lowest BCUT2D eigenvalue weighted by Gasteiger charge is -2.32. The van der Waals surface area contributed by atoms with Crippen molar-refractivity contribution in [3.63, 3.8) is 0 Å². The molecule has 0 spiro atoms. The number of rotatable bonds is 5. The standard InChI is InChI=1S/C21H20N4O4/c26-21(18-7-4-14-29-18)24-12-10-16(11-13-24)22-19-9-8-17(25(27)28)20(23-19)15-5-2-1-3-6-15/h1-9,14,16H,10-13H2,(H,22,23). The Labute approximate surface area is 167 Å². The molecule has 1 saturated heterocycles. The van der Waals surface area contributed by atoms with Gasteiger partial charge >= 0.3 is 0 Å². The Hall–Kier alpha value is -3.68. The van der Waals surface area contributed by atoms with Crippen LogP contribution in [0.5, 0.6) is 0 Å². The fourth-order valence-electron chi connectivity index (χ4n) is 3.48. The summed E-state index contributed by atoms with van der Waals surface area (Å²) in [5.74, 6) is 0.833. The van der Waals surface area contributed by atoms with Crippen molar-refractivity contribution >= 4 is 17.4 Å². The Morgan fingerprint density at radius 3 is 2.52 bits per heavy atom. The van der Waals surface area contributed by atoms with Crippen LogP contribution in [0.3, 0.4) is 0 Å². The summed E-state index contributed by atoms with van der Waals surface area (Å²) in [6, 6.07) is 15.7. The van der Waals surface area contributed by atoms with Gasteiger partial charge in [-0.2, -0.15) is 0 Å². The third kappa shape index (κ3) is 4.11. The van der Waals surface area contributed by atoms with Gasteiger partial charge in [-0.05, 0) is 31.0 Å². The second-order valence-electron chi connectivity index (χ2n) is 6.88. The number of amides is 1. The highest BCUT2D eigenvalue weighted by molar-refractivity contribution is 5.91. The van der Waals surface area contributed by atoms with Gasteiger partial charge in [0.2, 0.25) is 0 Å². The molecule has 0 bridgehead atoms. The number of benzene rings is 1. The van der Waals surface area contributed by atoms with Crippen molar-refractivity contribution in [1.82, 2.24) is 9.88 Å². The average molecular weight is 392 g/mol. The first-order chi connectivity index (χ1) is 14.1. The van der Waals surface area contributed by atoms with Gasteiger partial charge in [-0.1, -0.05) is 30.3 Å². The van der Waals surface area contributed by atoms with Gasteiger partial charge in [-0.3, -0.25) is 14.9 Å². The minimum Gasteiger partial charge on any atom is -0.459 e. The van der Waals surface area contributed by atoms with Gasteiger partial charge in [-0.15, -0.1) is 0 Å². The fraction of sp³-hybridized carbons (Fsp3) is 0.238. The van der Waals surface area contributed by atoms with E-state index in [-0.39, 0.29) is 17.6 Å². The smallest absolute Gasteiger partial charge is 0.295 e. The molecule has 8 nitrogen and oxygen atoms in total. The monoisotopic (exact) mass is 392 g/mol. The lowest BCUT2D eigenvalue weighted by Crippen LogP contribution is -2.42. The van der Waals surface area contributed by atoms with E-state index < -0.39 is 4.92 Å².